The molecule has 3 aliphatic rings. The first-order chi connectivity index (χ1) is 16.1. The first-order valence-electron chi connectivity index (χ1n) is 11.7. The van der Waals surface area contributed by atoms with Gasteiger partial charge in [-0.3, -0.25) is 9.78 Å². The van der Waals surface area contributed by atoms with Crippen molar-refractivity contribution in [3.05, 3.63) is 46.9 Å². The number of amides is 2. The Morgan fingerprint density at radius 2 is 2.12 bits per heavy atom. The third kappa shape index (κ3) is 4.58. The molecule has 0 bridgehead atoms. The summed E-state index contributed by atoms with van der Waals surface area (Å²) in [5.41, 5.74) is 3.73. The van der Waals surface area contributed by atoms with Crippen LogP contribution in [0.15, 0.2) is 24.4 Å². The van der Waals surface area contributed by atoms with E-state index in [2.05, 4.69) is 22.4 Å². The van der Waals surface area contributed by atoms with Gasteiger partial charge in [0.1, 0.15) is 17.5 Å². The van der Waals surface area contributed by atoms with Gasteiger partial charge in [0.05, 0.1) is 12.3 Å². The summed E-state index contributed by atoms with van der Waals surface area (Å²) in [7, 11) is 0. The average molecular weight is 452 g/mol. The molecule has 174 valence electrons. The molecule has 3 aliphatic heterocycles. The number of hydrogen-bond acceptors (Lipinski definition) is 6. The summed E-state index contributed by atoms with van der Waals surface area (Å²) in [5.74, 6) is -0.149. The van der Waals surface area contributed by atoms with Gasteiger partial charge in [0.25, 0.3) is 0 Å². The molecule has 0 aliphatic carbocycles. The first kappa shape index (κ1) is 21.5. The van der Waals surface area contributed by atoms with Gasteiger partial charge in [0, 0.05) is 51.0 Å². The van der Waals surface area contributed by atoms with Gasteiger partial charge in [-0.1, -0.05) is 6.07 Å². The quantitative estimate of drug-likeness (QED) is 0.634. The highest BCUT2D eigenvalue weighted by Gasteiger charge is 2.33. The Bertz CT molecular complexity index is 1060. The van der Waals surface area contributed by atoms with Crippen molar-refractivity contribution in [2.24, 2.45) is 0 Å². The fourth-order valence-electron chi connectivity index (χ4n) is 4.76. The number of nitrogens with zero attached hydrogens (tertiary/aromatic N) is 4. The third-order valence-electron chi connectivity index (χ3n) is 6.65. The number of hydrogen-bond donors (Lipinski definition) is 2. The first-order valence-corrected chi connectivity index (χ1v) is 11.7. The summed E-state index contributed by atoms with van der Waals surface area (Å²) < 4.78 is 5.54. The van der Waals surface area contributed by atoms with E-state index in [1.54, 1.807) is 22.1 Å². The summed E-state index contributed by atoms with van der Waals surface area (Å²) in [6.45, 7) is 3.43. The Labute approximate surface area is 192 Å². The standard InChI is InChI=1S/C24H29N5O4/c30-23(31)19(17-13-21-20(26-14-17)7-12-33-21)15-29-11-10-28(24(29)32)9-2-4-18-6-5-16-3-1-8-25-22(16)27-18/h5-6,13-14,19H,1-4,7-12,15H2,(H,25,27)(H,30,31)/t19-/m1/s1. The Hall–Kier alpha value is -3.36. The molecular formula is C24H29N5O4. The molecule has 2 amide bonds. The number of urea groups is 1. The smallest absolute Gasteiger partial charge is 0.320 e. The highest BCUT2D eigenvalue weighted by Crippen LogP contribution is 2.29. The van der Waals surface area contributed by atoms with E-state index in [4.69, 9.17) is 9.72 Å². The maximum absolute atomic E-state index is 12.9. The second kappa shape index (κ2) is 9.25. The lowest BCUT2D eigenvalue weighted by molar-refractivity contribution is -0.139. The summed E-state index contributed by atoms with van der Waals surface area (Å²) in [6, 6.07) is 5.88. The Balaban J connectivity index is 1.16. The summed E-state index contributed by atoms with van der Waals surface area (Å²) in [6.07, 6.45) is 6.17. The second-order valence-electron chi connectivity index (χ2n) is 8.86. The molecule has 1 fully saturated rings. The number of aryl methyl sites for hydroxylation is 2. The van der Waals surface area contributed by atoms with Crippen molar-refractivity contribution in [2.75, 3.05) is 44.6 Å². The minimum Gasteiger partial charge on any atom is -0.491 e. The predicted octanol–water partition coefficient (Wildman–Crippen LogP) is 2.31. The lowest BCUT2D eigenvalue weighted by atomic mass is 10.00. The Morgan fingerprint density at radius 1 is 1.24 bits per heavy atom. The number of anilines is 1. The molecule has 0 radical (unpaired) electrons. The molecule has 1 saturated heterocycles. The van der Waals surface area contributed by atoms with Crippen LogP contribution in [0.3, 0.4) is 0 Å². The summed E-state index contributed by atoms with van der Waals surface area (Å²) in [5, 5.41) is 13.2. The molecule has 9 heteroatoms. The lowest BCUT2D eigenvalue weighted by Gasteiger charge is -2.22. The zero-order valence-electron chi connectivity index (χ0n) is 18.6. The van der Waals surface area contributed by atoms with Gasteiger partial charge in [0.2, 0.25) is 0 Å². The number of aliphatic carboxylic acids is 1. The summed E-state index contributed by atoms with van der Waals surface area (Å²) >= 11 is 0. The van der Waals surface area contributed by atoms with E-state index in [0.29, 0.717) is 37.6 Å². The van der Waals surface area contributed by atoms with Gasteiger partial charge < -0.3 is 25.0 Å². The number of carbonyl (C=O) groups is 2. The SMILES string of the molecule is O=C(O)[C@H](CN1CCN(CCCc2ccc3c(n2)NCCC3)C1=O)c1cnc2c(c1)OCC2. The number of rotatable bonds is 8. The number of pyridine rings is 2. The molecule has 2 N–H and O–H groups in total. The number of carboxylic acid groups (broad SMARTS) is 1. The van der Waals surface area contributed by atoms with Crippen LogP contribution in [0.4, 0.5) is 10.6 Å². The van der Waals surface area contributed by atoms with Crippen molar-refractivity contribution in [2.45, 2.75) is 38.0 Å². The average Bonchev–Trinajstić information content (AvgIpc) is 3.43. The van der Waals surface area contributed by atoms with E-state index in [0.717, 1.165) is 55.9 Å². The molecular weight excluding hydrogens is 422 g/mol. The topological polar surface area (TPSA) is 108 Å². The second-order valence-corrected chi connectivity index (χ2v) is 8.86. The van der Waals surface area contributed by atoms with E-state index in [9.17, 15) is 14.7 Å². The third-order valence-corrected chi connectivity index (χ3v) is 6.65. The molecule has 9 nitrogen and oxygen atoms in total. The van der Waals surface area contributed by atoms with Crippen molar-refractivity contribution in [3.63, 3.8) is 0 Å². The fraction of sp³-hybridized carbons (Fsp3) is 0.500. The minimum absolute atomic E-state index is 0.105. The molecule has 0 spiro atoms. The zero-order chi connectivity index (χ0) is 22.8. The monoisotopic (exact) mass is 451 g/mol. The maximum Gasteiger partial charge on any atom is 0.320 e. The lowest BCUT2D eigenvalue weighted by Crippen LogP contribution is -2.36. The molecule has 2 aromatic heterocycles. The van der Waals surface area contributed by atoms with Crippen molar-refractivity contribution in [1.82, 2.24) is 19.8 Å². The van der Waals surface area contributed by atoms with Gasteiger partial charge in [-0.25, -0.2) is 9.78 Å². The van der Waals surface area contributed by atoms with E-state index in [1.807, 2.05) is 0 Å². The minimum atomic E-state index is -0.965. The van der Waals surface area contributed by atoms with Crippen LogP contribution in [0, 0.1) is 0 Å². The fourth-order valence-corrected chi connectivity index (χ4v) is 4.76. The number of carboxylic acids is 1. The summed E-state index contributed by atoms with van der Waals surface area (Å²) in [4.78, 5) is 37.4. The van der Waals surface area contributed by atoms with Crippen LogP contribution >= 0.6 is 0 Å². The van der Waals surface area contributed by atoms with E-state index < -0.39 is 11.9 Å². The Morgan fingerprint density at radius 3 is 3.00 bits per heavy atom. The molecule has 0 saturated carbocycles. The predicted molar refractivity (Wildman–Crippen MR) is 122 cm³/mol. The van der Waals surface area contributed by atoms with Crippen molar-refractivity contribution >= 4 is 17.8 Å². The maximum atomic E-state index is 12.9. The molecule has 5 rings (SSSR count). The highest BCUT2D eigenvalue weighted by molar-refractivity contribution is 5.80. The van der Waals surface area contributed by atoms with Gasteiger partial charge in [0.15, 0.2) is 0 Å². The van der Waals surface area contributed by atoms with Crippen molar-refractivity contribution in [3.8, 4) is 5.75 Å². The van der Waals surface area contributed by atoms with Crippen LogP contribution < -0.4 is 10.1 Å². The van der Waals surface area contributed by atoms with Crippen LogP contribution in [0.25, 0.3) is 0 Å². The highest BCUT2D eigenvalue weighted by atomic mass is 16.5. The molecule has 5 heterocycles. The van der Waals surface area contributed by atoms with Crippen LogP contribution in [-0.4, -0.2) is 76.2 Å². The number of aromatic nitrogens is 2. The van der Waals surface area contributed by atoms with Crippen LogP contribution in [0.2, 0.25) is 0 Å². The van der Waals surface area contributed by atoms with Gasteiger partial charge in [-0.15, -0.1) is 0 Å². The molecule has 0 aromatic carbocycles. The van der Waals surface area contributed by atoms with Gasteiger partial charge in [-0.2, -0.15) is 0 Å². The number of nitrogens with one attached hydrogen (secondary N) is 1. The number of carbonyl (C=O) groups excluding carboxylic acids is 1. The molecule has 0 unspecified atom stereocenters. The normalized spacial score (nSPS) is 17.9. The molecule has 33 heavy (non-hydrogen) atoms. The number of ether oxygens (including phenoxy) is 1. The largest absolute Gasteiger partial charge is 0.491 e. The van der Waals surface area contributed by atoms with E-state index >= 15 is 0 Å². The van der Waals surface area contributed by atoms with E-state index in [-0.39, 0.29) is 12.6 Å². The van der Waals surface area contributed by atoms with Crippen molar-refractivity contribution < 1.29 is 19.4 Å². The van der Waals surface area contributed by atoms with Crippen molar-refractivity contribution in [1.29, 1.82) is 0 Å². The molecule has 1 atom stereocenters. The van der Waals surface area contributed by atoms with Gasteiger partial charge >= 0.3 is 12.0 Å². The number of fused-ring (bicyclic) bond motifs is 2. The zero-order valence-corrected chi connectivity index (χ0v) is 18.6. The van der Waals surface area contributed by atoms with E-state index in [1.165, 1.54) is 5.56 Å². The van der Waals surface area contributed by atoms with Crippen LogP contribution in [-0.2, 0) is 24.1 Å². The van der Waals surface area contributed by atoms with Gasteiger partial charge in [-0.05, 0) is 48.9 Å². The Kier molecular flexibility index (Phi) is 6.02. The van der Waals surface area contributed by atoms with Crippen LogP contribution in [0.5, 0.6) is 5.75 Å². The molecule has 2 aromatic rings. The van der Waals surface area contributed by atoms with Crippen LogP contribution in [0.1, 0.15) is 41.3 Å².